The van der Waals surface area contributed by atoms with Crippen LogP contribution in [0.2, 0.25) is 0 Å². The molecule has 0 N–H and O–H groups in total. The standard InChI is InChI=1S/C11H18O5/c1-10(2)13-6-8(15-10)9-7(5-12)14-11(3,4)16-9/h5,7-9H,6H2,1-4H3/t7-,8?,9-/m0/s1. The van der Waals surface area contributed by atoms with Crippen molar-refractivity contribution in [2.24, 2.45) is 0 Å². The SMILES string of the molecule is CC1(C)OCC([C@H]2OC(C)(C)O[C@H]2C=O)O1. The Morgan fingerprint density at radius 1 is 1.06 bits per heavy atom. The van der Waals surface area contributed by atoms with Crippen LogP contribution in [-0.2, 0) is 23.7 Å². The van der Waals surface area contributed by atoms with Crippen LogP contribution in [0.1, 0.15) is 27.7 Å². The second kappa shape index (κ2) is 3.77. The first kappa shape index (κ1) is 12.0. The van der Waals surface area contributed by atoms with Gasteiger partial charge in [-0.2, -0.15) is 0 Å². The lowest BCUT2D eigenvalue weighted by atomic mass is 10.1. The summed E-state index contributed by atoms with van der Waals surface area (Å²) >= 11 is 0. The Bertz CT molecular complexity index is 286. The normalized spacial score (nSPS) is 41.1. The van der Waals surface area contributed by atoms with Crippen molar-refractivity contribution in [1.82, 2.24) is 0 Å². The number of hydrogen-bond donors (Lipinski definition) is 0. The van der Waals surface area contributed by atoms with Gasteiger partial charge in [-0.25, -0.2) is 0 Å². The number of carbonyl (C=O) groups excluding carboxylic acids is 1. The smallest absolute Gasteiger partial charge is 0.164 e. The summed E-state index contributed by atoms with van der Waals surface area (Å²) in [4.78, 5) is 10.9. The summed E-state index contributed by atoms with van der Waals surface area (Å²) in [6.45, 7) is 7.66. The van der Waals surface area contributed by atoms with Gasteiger partial charge in [0, 0.05) is 0 Å². The largest absolute Gasteiger partial charge is 0.348 e. The van der Waals surface area contributed by atoms with Gasteiger partial charge < -0.3 is 23.7 Å². The van der Waals surface area contributed by atoms with Crippen LogP contribution in [0.4, 0.5) is 0 Å². The lowest BCUT2D eigenvalue weighted by Gasteiger charge is -2.22. The fraction of sp³-hybridized carbons (Fsp3) is 0.909. The van der Waals surface area contributed by atoms with Crippen LogP contribution in [0, 0.1) is 0 Å². The molecule has 5 heteroatoms. The second-order valence-electron chi connectivity index (χ2n) is 5.07. The summed E-state index contributed by atoms with van der Waals surface area (Å²) in [5, 5.41) is 0. The highest BCUT2D eigenvalue weighted by Gasteiger charge is 2.49. The van der Waals surface area contributed by atoms with Crippen molar-refractivity contribution in [1.29, 1.82) is 0 Å². The molecule has 0 amide bonds. The van der Waals surface area contributed by atoms with E-state index in [9.17, 15) is 4.79 Å². The fourth-order valence-corrected chi connectivity index (χ4v) is 2.09. The predicted octanol–water partition coefficient (Wildman–Crippen LogP) is 0.857. The van der Waals surface area contributed by atoms with Crippen molar-refractivity contribution in [2.45, 2.75) is 57.6 Å². The summed E-state index contributed by atoms with van der Waals surface area (Å²) in [5.74, 6) is -1.36. The molecule has 2 aliphatic heterocycles. The third-order valence-electron chi connectivity index (χ3n) is 2.69. The Kier molecular flexibility index (Phi) is 2.82. The van der Waals surface area contributed by atoms with Crippen LogP contribution in [0.5, 0.6) is 0 Å². The van der Waals surface area contributed by atoms with E-state index in [1.54, 1.807) is 13.8 Å². The molecule has 92 valence electrons. The van der Waals surface area contributed by atoms with E-state index in [2.05, 4.69) is 0 Å². The van der Waals surface area contributed by atoms with Gasteiger partial charge >= 0.3 is 0 Å². The first-order chi connectivity index (χ1) is 7.33. The summed E-state index contributed by atoms with van der Waals surface area (Å²) in [7, 11) is 0. The van der Waals surface area contributed by atoms with Gasteiger partial charge in [-0.15, -0.1) is 0 Å². The highest BCUT2D eigenvalue weighted by Crippen LogP contribution is 2.34. The first-order valence-electron chi connectivity index (χ1n) is 5.46. The molecular formula is C11H18O5. The molecule has 0 aromatic carbocycles. The van der Waals surface area contributed by atoms with Gasteiger partial charge in [-0.05, 0) is 27.7 Å². The average molecular weight is 230 g/mol. The van der Waals surface area contributed by atoms with Gasteiger partial charge in [0.1, 0.15) is 18.3 Å². The van der Waals surface area contributed by atoms with E-state index in [1.807, 2.05) is 13.8 Å². The molecule has 2 saturated heterocycles. The Balaban J connectivity index is 2.07. The molecule has 0 bridgehead atoms. The van der Waals surface area contributed by atoms with Gasteiger partial charge in [-0.1, -0.05) is 0 Å². The molecule has 0 saturated carbocycles. The zero-order chi connectivity index (χ0) is 12.0. The van der Waals surface area contributed by atoms with Crippen LogP contribution in [0.3, 0.4) is 0 Å². The van der Waals surface area contributed by atoms with Crippen LogP contribution in [0.25, 0.3) is 0 Å². The second-order valence-corrected chi connectivity index (χ2v) is 5.07. The Labute approximate surface area is 95.0 Å². The van der Waals surface area contributed by atoms with E-state index < -0.39 is 23.8 Å². The molecule has 0 aromatic rings. The number of aldehydes is 1. The maximum absolute atomic E-state index is 10.9. The third-order valence-corrected chi connectivity index (χ3v) is 2.69. The molecule has 2 fully saturated rings. The molecule has 2 aliphatic rings. The first-order valence-corrected chi connectivity index (χ1v) is 5.46. The molecule has 0 spiro atoms. The van der Waals surface area contributed by atoms with Crippen molar-refractivity contribution in [3.8, 4) is 0 Å². The summed E-state index contributed by atoms with van der Waals surface area (Å²) in [6.07, 6.45) is -0.479. The maximum Gasteiger partial charge on any atom is 0.164 e. The molecule has 2 heterocycles. The van der Waals surface area contributed by atoms with E-state index in [0.29, 0.717) is 6.61 Å². The van der Waals surface area contributed by atoms with E-state index in [4.69, 9.17) is 18.9 Å². The number of rotatable bonds is 2. The van der Waals surface area contributed by atoms with E-state index in [0.717, 1.165) is 6.29 Å². The minimum Gasteiger partial charge on any atom is -0.348 e. The molecule has 5 nitrogen and oxygen atoms in total. The highest BCUT2D eigenvalue weighted by atomic mass is 16.8. The topological polar surface area (TPSA) is 54.0 Å². The molecule has 0 aliphatic carbocycles. The van der Waals surface area contributed by atoms with Crippen LogP contribution >= 0.6 is 0 Å². The van der Waals surface area contributed by atoms with Crippen molar-refractivity contribution >= 4 is 6.29 Å². The van der Waals surface area contributed by atoms with Gasteiger partial charge in [0.2, 0.25) is 0 Å². The zero-order valence-electron chi connectivity index (χ0n) is 10.1. The van der Waals surface area contributed by atoms with Crippen molar-refractivity contribution in [3.63, 3.8) is 0 Å². The predicted molar refractivity (Wildman–Crippen MR) is 54.8 cm³/mol. The number of hydrogen-bond acceptors (Lipinski definition) is 5. The Morgan fingerprint density at radius 2 is 1.75 bits per heavy atom. The van der Waals surface area contributed by atoms with Gasteiger partial charge in [0.25, 0.3) is 0 Å². The van der Waals surface area contributed by atoms with Crippen LogP contribution < -0.4 is 0 Å². The van der Waals surface area contributed by atoms with E-state index in [1.165, 1.54) is 0 Å². The van der Waals surface area contributed by atoms with Crippen molar-refractivity contribution in [2.75, 3.05) is 6.61 Å². The number of carbonyl (C=O) groups is 1. The zero-order valence-corrected chi connectivity index (χ0v) is 10.1. The van der Waals surface area contributed by atoms with Gasteiger partial charge in [-0.3, -0.25) is 0 Å². The van der Waals surface area contributed by atoms with Crippen molar-refractivity contribution in [3.05, 3.63) is 0 Å². The molecule has 0 radical (unpaired) electrons. The van der Waals surface area contributed by atoms with Crippen molar-refractivity contribution < 1.29 is 23.7 Å². The third kappa shape index (κ3) is 2.27. The molecule has 1 unspecified atom stereocenters. The molecule has 16 heavy (non-hydrogen) atoms. The minimum atomic E-state index is -0.744. The van der Waals surface area contributed by atoms with E-state index >= 15 is 0 Å². The Morgan fingerprint density at radius 3 is 2.25 bits per heavy atom. The van der Waals surface area contributed by atoms with E-state index in [-0.39, 0.29) is 6.10 Å². The molecular weight excluding hydrogens is 212 g/mol. The Hall–Kier alpha value is -0.490. The minimum absolute atomic E-state index is 0.257. The van der Waals surface area contributed by atoms with Crippen LogP contribution in [0.15, 0.2) is 0 Å². The summed E-state index contributed by atoms with van der Waals surface area (Å²) in [5.41, 5.74) is 0. The molecule has 3 atom stereocenters. The van der Waals surface area contributed by atoms with Crippen LogP contribution in [-0.4, -0.2) is 42.8 Å². The number of ether oxygens (including phenoxy) is 4. The molecule has 0 aromatic heterocycles. The average Bonchev–Trinajstić information content (AvgIpc) is 2.65. The quantitative estimate of drug-likeness (QED) is 0.658. The lowest BCUT2D eigenvalue weighted by molar-refractivity contribution is -0.174. The molecule has 2 rings (SSSR count). The lowest BCUT2D eigenvalue weighted by Crippen LogP contribution is -2.38. The summed E-state index contributed by atoms with van der Waals surface area (Å²) in [6, 6.07) is 0. The highest BCUT2D eigenvalue weighted by molar-refractivity contribution is 5.58. The fourth-order valence-electron chi connectivity index (χ4n) is 2.09. The summed E-state index contributed by atoms with van der Waals surface area (Å²) < 4.78 is 22.3. The maximum atomic E-state index is 10.9. The van der Waals surface area contributed by atoms with Gasteiger partial charge in [0.15, 0.2) is 17.9 Å². The van der Waals surface area contributed by atoms with Gasteiger partial charge in [0.05, 0.1) is 6.61 Å². The monoisotopic (exact) mass is 230 g/mol.